The molecule has 0 radical (unpaired) electrons. The Labute approximate surface area is 81.4 Å². The molecule has 70 valence electrons. The maximum atomic E-state index is 4.21. The molecule has 2 heterocycles. The Balaban J connectivity index is 2.34. The van der Waals surface area contributed by atoms with Crippen molar-refractivity contribution in [3.8, 4) is 0 Å². The van der Waals surface area contributed by atoms with Gasteiger partial charge in [-0.15, -0.1) is 0 Å². The lowest BCUT2D eigenvalue weighted by atomic mass is 10.1. The molecule has 3 rings (SSSR count). The molecule has 14 heavy (non-hydrogen) atoms. The Hall–Kier alpha value is -1.84. The first-order chi connectivity index (χ1) is 6.95. The van der Waals surface area contributed by atoms with Crippen molar-refractivity contribution in [1.29, 1.82) is 0 Å². The molecule has 0 spiro atoms. The quantitative estimate of drug-likeness (QED) is 0.654. The maximum absolute atomic E-state index is 4.21. The topological polar surface area (TPSA) is 49.8 Å². The molecular formula is C10H10N4. The van der Waals surface area contributed by atoms with Crippen LogP contribution < -0.4 is 10.6 Å². The van der Waals surface area contributed by atoms with Gasteiger partial charge in [0.1, 0.15) is 6.33 Å². The van der Waals surface area contributed by atoms with Crippen LogP contribution in [0.4, 0.5) is 11.4 Å². The minimum Gasteiger partial charge on any atom is -0.382 e. The first-order valence-corrected chi connectivity index (χ1v) is 4.65. The molecule has 2 aromatic rings. The summed E-state index contributed by atoms with van der Waals surface area (Å²) in [6.07, 6.45) is 3.42. The van der Waals surface area contributed by atoms with E-state index in [9.17, 15) is 0 Å². The second-order valence-corrected chi connectivity index (χ2v) is 3.30. The summed E-state index contributed by atoms with van der Waals surface area (Å²) >= 11 is 0. The van der Waals surface area contributed by atoms with Crippen LogP contribution in [-0.2, 0) is 0 Å². The van der Waals surface area contributed by atoms with Gasteiger partial charge in [0.05, 0.1) is 16.9 Å². The number of rotatable bonds is 0. The van der Waals surface area contributed by atoms with Crippen LogP contribution in [0.2, 0.25) is 0 Å². The molecule has 1 aliphatic rings. The van der Waals surface area contributed by atoms with Crippen LogP contribution in [0.3, 0.4) is 0 Å². The van der Waals surface area contributed by atoms with Gasteiger partial charge in [-0.1, -0.05) is 0 Å². The van der Waals surface area contributed by atoms with Crippen LogP contribution >= 0.6 is 0 Å². The standard InChI is InChI=1S/C10H10N4/c1-2-9-10(13-4-3-12-9)7-5-11-6-14-8(1)7/h1-2,5-6,12-13H,3-4H2. The van der Waals surface area contributed by atoms with Crippen molar-refractivity contribution in [1.82, 2.24) is 9.97 Å². The molecule has 1 aromatic carbocycles. The third-order valence-corrected chi connectivity index (χ3v) is 2.43. The molecule has 0 atom stereocenters. The Bertz CT molecular complexity index is 481. The van der Waals surface area contributed by atoms with Gasteiger partial charge in [-0.25, -0.2) is 9.97 Å². The van der Waals surface area contributed by atoms with Crippen molar-refractivity contribution in [2.45, 2.75) is 0 Å². The zero-order valence-electron chi connectivity index (χ0n) is 7.62. The van der Waals surface area contributed by atoms with Gasteiger partial charge in [-0.05, 0) is 12.1 Å². The van der Waals surface area contributed by atoms with Crippen LogP contribution in [0.5, 0.6) is 0 Å². The molecule has 0 aliphatic carbocycles. The fraction of sp³-hybridized carbons (Fsp3) is 0.200. The van der Waals surface area contributed by atoms with Crippen molar-refractivity contribution in [3.63, 3.8) is 0 Å². The summed E-state index contributed by atoms with van der Waals surface area (Å²) in [5.41, 5.74) is 3.24. The van der Waals surface area contributed by atoms with E-state index in [2.05, 4.69) is 26.7 Å². The first-order valence-electron chi connectivity index (χ1n) is 4.65. The van der Waals surface area contributed by atoms with Crippen LogP contribution in [0, 0.1) is 0 Å². The maximum Gasteiger partial charge on any atom is 0.116 e. The number of aromatic nitrogens is 2. The van der Waals surface area contributed by atoms with Crippen molar-refractivity contribution in [2.75, 3.05) is 23.7 Å². The lowest BCUT2D eigenvalue weighted by molar-refractivity contribution is 1.05. The monoisotopic (exact) mass is 186 g/mol. The number of hydrogen-bond acceptors (Lipinski definition) is 4. The highest BCUT2D eigenvalue weighted by Crippen LogP contribution is 2.31. The summed E-state index contributed by atoms with van der Waals surface area (Å²) in [7, 11) is 0. The number of fused-ring (bicyclic) bond motifs is 3. The summed E-state index contributed by atoms with van der Waals surface area (Å²) in [5, 5.41) is 7.78. The van der Waals surface area contributed by atoms with Crippen molar-refractivity contribution in [2.24, 2.45) is 0 Å². The molecular weight excluding hydrogens is 176 g/mol. The van der Waals surface area contributed by atoms with E-state index in [4.69, 9.17) is 0 Å². The molecule has 1 aromatic heterocycles. The van der Waals surface area contributed by atoms with Crippen molar-refractivity contribution < 1.29 is 0 Å². The number of benzene rings is 1. The normalized spacial score (nSPS) is 14.3. The van der Waals surface area contributed by atoms with Gasteiger partial charge < -0.3 is 10.6 Å². The van der Waals surface area contributed by atoms with E-state index in [1.54, 1.807) is 6.33 Å². The second-order valence-electron chi connectivity index (χ2n) is 3.30. The van der Waals surface area contributed by atoms with Gasteiger partial charge in [0.2, 0.25) is 0 Å². The van der Waals surface area contributed by atoms with E-state index in [0.717, 1.165) is 35.4 Å². The summed E-state index contributed by atoms with van der Waals surface area (Å²) < 4.78 is 0. The fourth-order valence-corrected chi connectivity index (χ4v) is 1.78. The van der Waals surface area contributed by atoms with Gasteiger partial charge >= 0.3 is 0 Å². The average Bonchev–Trinajstić information content (AvgIpc) is 2.29. The van der Waals surface area contributed by atoms with E-state index < -0.39 is 0 Å². The zero-order chi connectivity index (χ0) is 9.38. The predicted octanol–water partition coefficient (Wildman–Crippen LogP) is 1.47. The highest BCUT2D eigenvalue weighted by molar-refractivity contribution is 5.98. The molecule has 4 nitrogen and oxygen atoms in total. The van der Waals surface area contributed by atoms with Crippen LogP contribution in [0.15, 0.2) is 24.7 Å². The van der Waals surface area contributed by atoms with Gasteiger partial charge in [-0.2, -0.15) is 0 Å². The summed E-state index contributed by atoms with van der Waals surface area (Å²) in [6, 6.07) is 4.06. The van der Waals surface area contributed by atoms with E-state index >= 15 is 0 Å². The smallest absolute Gasteiger partial charge is 0.116 e. The summed E-state index contributed by atoms with van der Waals surface area (Å²) in [5.74, 6) is 0. The highest BCUT2D eigenvalue weighted by Gasteiger charge is 2.10. The SMILES string of the molecule is c1ncc2c3c(ccc2n1)NCCN3. The van der Waals surface area contributed by atoms with Gasteiger partial charge in [0.15, 0.2) is 0 Å². The highest BCUT2D eigenvalue weighted by atomic mass is 15.0. The van der Waals surface area contributed by atoms with Crippen molar-refractivity contribution in [3.05, 3.63) is 24.7 Å². The Morgan fingerprint density at radius 3 is 3.07 bits per heavy atom. The number of anilines is 2. The molecule has 0 saturated heterocycles. The molecule has 0 fully saturated rings. The van der Waals surface area contributed by atoms with E-state index in [0.29, 0.717) is 0 Å². The van der Waals surface area contributed by atoms with E-state index in [1.165, 1.54) is 0 Å². The molecule has 0 bridgehead atoms. The lowest BCUT2D eigenvalue weighted by Crippen LogP contribution is -2.20. The van der Waals surface area contributed by atoms with E-state index in [-0.39, 0.29) is 0 Å². The van der Waals surface area contributed by atoms with Crippen LogP contribution in [0.25, 0.3) is 10.9 Å². The largest absolute Gasteiger partial charge is 0.382 e. The zero-order valence-corrected chi connectivity index (χ0v) is 7.62. The third-order valence-electron chi connectivity index (χ3n) is 2.43. The molecule has 0 unspecified atom stereocenters. The van der Waals surface area contributed by atoms with Gasteiger partial charge in [0.25, 0.3) is 0 Å². The van der Waals surface area contributed by atoms with Gasteiger partial charge in [-0.3, -0.25) is 0 Å². The average molecular weight is 186 g/mol. The minimum atomic E-state index is 0.945. The van der Waals surface area contributed by atoms with Crippen molar-refractivity contribution >= 4 is 22.3 Å². The molecule has 2 N–H and O–H groups in total. The summed E-state index contributed by atoms with van der Waals surface area (Å²) in [4.78, 5) is 8.25. The Kier molecular flexibility index (Phi) is 1.53. The van der Waals surface area contributed by atoms with Crippen LogP contribution in [-0.4, -0.2) is 23.1 Å². The second kappa shape index (κ2) is 2.83. The predicted molar refractivity (Wildman–Crippen MR) is 56.5 cm³/mol. The molecule has 1 aliphatic heterocycles. The lowest BCUT2D eigenvalue weighted by Gasteiger charge is -2.20. The fourth-order valence-electron chi connectivity index (χ4n) is 1.78. The number of nitrogens with zero attached hydrogens (tertiary/aromatic N) is 2. The minimum absolute atomic E-state index is 0.945. The molecule has 4 heteroatoms. The number of nitrogens with one attached hydrogen (secondary N) is 2. The first kappa shape index (κ1) is 7.55. The van der Waals surface area contributed by atoms with Gasteiger partial charge in [0, 0.05) is 24.7 Å². The Morgan fingerprint density at radius 1 is 1.14 bits per heavy atom. The Morgan fingerprint density at radius 2 is 2.07 bits per heavy atom. The molecule has 0 saturated carbocycles. The van der Waals surface area contributed by atoms with E-state index in [1.807, 2.05) is 12.3 Å². The summed E-state index contributed by atoms with van der Waals surface area (Å²) in [6.45, 7) is 1.91. The number of hydrogen-bond donors (Lipinski definition) is 2. The molecule has 0 amide bonds. The van der Waals surface area contributed by atoms with Crippen LogP contribution in [0.1, 0.15) is 0 Å². The third kappa shape index (κ3) is 1.00.